The Bertz CT molecular complexity index is 1290. The molecule has 0 radical (unpaired) electrons. The van der Waals surface area contributed by atoms with Crippen LogP contribution in [0.3, 0.4) is 0 Å². The van der Waals surface area contributed by atoms with E-state index in [4.69, 9.17) is 67.0 Å². The zero-order valence-corrected chi connectivity index (χ0v) is 39.7. The molecule has 0 aromatic rings. The maximum Gasteiger partial charge on any atom is 0.350 e. The standard InChI is InChI=1S/C36H66Cl3NO11Si3/c1-13-52(14-2,15-3)46-23-34(44)27-26(25-22-45-33(11,12)49-25)35(40-32(43)36(37,38)39,30(31(42)48-27)47-24(10)41)29(51-54(19-7,20-8)21-9)28(34)50-53(16-4,17-5)18-6/h25-30,44H,13-23H2,1-12H3,(H,40,43)/t25-,26+,27-,28?,29-,30-,34+,35-/m1/s1. The van der Waals surface area contributed by atoms with Gasteiger partial charge in [0.05, 0.1) is 25.2 Å². The van der Waals surface area contributed by atoms with Gasteiger partial charge in [0, 0.05) is 6.92 Å². The molecule has 2 heterocycles. The summed E-state index contributed by atoms with van der Waals surface area (Å²) in [4.78, 5) is 41.8. The van der Waals surface area contributed by atoms with Gasteiger partial charge in [0.25, 0.3) is 9.70 Å². The first-order valence-electron chi connectivity index (χ1n) is 19.9. The van der Waals surface area contributed by atoms with Crippen molar-refractivity contribution < 1.29 is 51.7 Å². The van der Waals surface area contributed by atoms with Crippen LogP contribution in [0.4, 0.5) is 0 Å². The number of hydrogen-bond acceptors (Lipinski definition) is 11. The van der Waals surface area contributed by atoms with Crippen molar-refractivity contribution in [2.75, 3.05) is 13.2 Å². The van der Waals surface area contributed by atoms with Crippen LogP contribution < -0.4 is 5.32 Å². The SMILES string of the molecule is CC[Si](CC)(CC)OC[C@@]1(O)C(O[Si](CC)(CC)CC)[C@@H](O[Si](CC)(CC)CC)[C@]2(NC(=O)C(Cl)(Cl)Cl)[C@@H]([C@H]3COC(C)(C)O3)[C@H]1OC(=O)[C@H]2OC(C)=O. The minimum atomic E-state index is -2.81. The summed E-state index contributed by atoms with van der Waals surface area (Å²) in [5, 5.41) is 16.7. The van der Waals surface area contributed by atoms with E-state index in [9.17, 15) is 19.5 Å². The van der Waals surface area contributed by atoms with E-state index in [1.54, 1.807) is 13.8 Å². The topological polar surface area (TPSA) is 148 Å². The third kappa shape index (κ3) is 9.27. The molecule has 12 nitrogen and oxygen atoms in total. The minimum absolute atomic E-state index is 0.0356. The molecule has 3 rings (SSSR count). The van der Waals surface area contributed by atoms with E-state index in [0.717, 1.165) is 25.1 Å². The molecule has 54 heavy (non-hydrogen) atoms. The fourth-order valence-electron chi connectivity index (χ4n) is 8.85. The van der Waals surface area contributed by atoms with Crippen molar-refractivity contribution in [1.82, 2.24) is 5.32 Å². The Balaban J connectivity index is 2.64. The van der Waals surface area contributed by atoms with Crippen LogP contribution in [0.2, 0.25) is 54.4 Å². The van der Waals surface area contributed by atoms with Gasteiger partial charge in [-0.2, -0.15) is 0 Å². The zero-order valence-electron chi connectivity index (χ0n) is 34.4. The van der Waals surface area contributed by atoms with Crippen molar-refractivity contribution in [2.24, 2.45) is 5.92 Å². The lowest BCUT2D eigenvalue weighted by molar-refractivity contribution is -0.306. The van der Waals surface area contributed by atoms with Gasteiger partial charge in [-0.1, -0.05) is 97.1 Å². The first-order chi connectivity index (χ1) is 25.1. The third-order valence-electron chi connectivity index (χ3n) is 13.0. The Hall–Kier alpha value is -0.309. The fourth-order valence-corrected chi connectivity index (χ4v) is 17.4. The van der Waals surface area contributed by atoms with Gasteiger partial charge < -0.3 is 42.6 Å². The maximum atomic E-state index is 14.6. The lowest BCUT2D eigenvalue weighted by atomic mass is 9.56. The van der Waals surface area contributed by atoms with Crippen LogP contribution in [0.1, 0.15) is 83.1 Å². The van der Waals surface area contributed by atoms with Crippen LogP contribution in [-0.4, -0.2) is 112 Å². The lowest BCUT2D eigenvalue weighted by Crippen LogP contribution is -2.89. The first-order valence-corrected chi connectivity index (χ1v) is 28.6. The molecule has 0 aromatic heterocycles. The number of rotatable bonds is 19. The Morgan fingerprint density at radius 1 is 0.833 bits per heavy atom. The minimum Gasteiger partial charge on any atom is -0.456 e. The van der Waals surface area contributed by atoms with Crippen molar-refractivity contribution >= 4 is 77.6 Å². The van der Waals surface area contributed by atoms with Crippen molar-refractivity contribution in [3.8, 4) is 0 Å². The van der Waals surface area contributed by atoms with Crippen LogP contribution in [0.25, 0.3) is 0 Å². The number of aliphatic hydroxyl groups is 1. The Morgan fingerprint density at radius 2 is 1.30 bits per heavy atom. The Morgan fingerprint density at radius 3 is 1.69 bits per heavy atom. The predicted molar refractivity (Wildman–Crippen MR) is 217 cm³/mol. The summed E-state index contributed by atoms with van der Waals surface area (Å²) in [6, 6.07) is 6.38. The summed E-state index contributed by atoms with van der Waals surface area (Å²) in [6.45, 7) is 22.9. The van der Waals surface area contributed by atoms with Crippen molar-refractivity contribution in [3.05, 3.63) is 0 Å². The van der Waals surface area contributed by atoms with Crippen molar-refractivity contribution in [1.29, 1.82) is 0 Å². The number of alkyl halides is 3. The van der Waals surface area contributed by atoms with E-state index < -0.39 is 100.0 Å². The number of esters is 2. The summed E-state index contributed by atoms with van der Waals surface area (Å²) in [6.07, 6.45) is -6.85. The Labute approximate surface area is 341 Å². The predicted octanol–water partition coefficient (Wildman–Crippen LogP) is 7.38. The van der Waals surface area contributed by atoms with Crippen LogP contribution in [0, 0.1) is 5.92 Å². The van der Waals surface area contributed by atoms with Gasteiger partial charge in [-0.05, 0) is 68.2 Å². The molecule has 2 bridgehead atoms. The van der Waals surface area contributed by atoms with E-state index in [1.807, 2.05) is 20.8 Å². The molecule has 3 fully saturated rings. The second-order valence-electron chi connectivity index (χ2n) is 15.7. The van der Waals surface area contributed by atoms with Gasteiger partial charge >= 0.3 is 11.9 Å². The summed E-state index contributed by atoms with van der Waals surface area (Å²) in [5.74, 6) is -5.22. The number of carbonyl (C=O) groups is 3. The zero-order chi connectivity index (χ0) is 41.1. The second-order valence-corrected chi connectivity index (χ2v) is 32.2. The Kier molecular flexibility index (Phi) is 16.3. The highest BCUT2D eigenvalue weighted by Crippen LogP contribution is 2.56. The monoisotopic (exact) mass is 877 g/mol. The molecule has 0 spiro atoms. The van der Waals surface area contributed by atoms with E-state index >= 15 is 0 Å². The number of carbonyl (C=O) groups excluding carboxylic acids is 3. The quantitative estimate of drug-likeness (QED) is 0.0761. The molecule has 314 valence electrons. The molecule has 2 N–H and O–H groups in total. The number of amides is 1. The molecule has 0 aromatic carbocycles. The van der Waals surface area contributed by atoms with E-state index in [2.05, 4.69) is 46.9 Å². The average molecular weight is 880 g/mol. The maximum absolute atomic E-state index is 14.6. The molecule has 1 saturated carbocycles. The van der Waals surface area contributed by atoms with Gasteiger partial charge in [0.2, 0.25) is 6.10 Å². The van der Waals surface area contributed by atoms with E-state index in [1.165, 1.54) is 0 Å². The highest BCUT2D eigenvalue weighted by molar-refractivity contribution is 6.76. The average Bonchev–Trinajstić information content (AvgIpc) is 3.50. The lowest BCUT2D eigenvalue weighted by Gasteiger charge is -2.66. The molecule has 2 saturated heterocycles. The van der Waals surface area contributed by atoms with Crippen LogP contribution in [0.5, 0.6) is 0 Å². The molecule has 1 unspecified atom stereocenters. The van der Waals surface area contributed by atoms with Crippen LogP contribution >= 0.6 is 34.8 Å². The molecule has 3 aliphatic rings. The normalized spacial score (nSPS) is 31.6. The summed E-state index contributed by atoms with van der Waals surface area (Å²) >= 11 is 18.9. The van der Waals surface area contributed by atoms with Gasteiger partial charge in [-0.15, -0.1) is 0 Å². The summed E-state index contributed by atoms with van der Waals surface area (Å²) in [7, 11) is -7.93. The molecule has 1 amide bonds. The summed E-state index contributed by atoms with van der Waals surface area (Å²) in [5.41, 5.74) is -4.11. The largest absolute Gasteiger partial charge is 0.456 e. The number of nitrogens with one attached hydrogen (secondary N) is 1. The molecular weight excluding hydrogens is 813 g/mol. The van der Waals surface area contributed by atoms with Crippen molar-refractivity contribution in [3.63, 3.8) is 0 Å². The molecule has 18 heteroatoms. The van der Waals surface area contributed by atoms with Crippen LogP contribution in [-0.2, 0) is 46.6 Å². The van der Waals surface area contributed by atoms with Gasteiger partial charge in [0.1, 0.15) is 23.9 Å². The van der Waals surface area contributed by atoms with Gasteiger partial charge in [0.15, 0.2) is 36.3 Å². The van der Waals surface area contributed by atoms with E-state index in [0.29, 0.717) is 36.3 Å². The van der Waals surface area contributed by atoms with E-state index in [-0.39, 0.29) is 13.2 Å². The molecular formula is C36H66Cl3NO11Si3. The second kappa shape index (κ2) is 18.3. The highest BCUT2D eigenvalue weighted by atomic mass is 35.6. The third-order valence-corrected chi connectivity index (χ3v) is 27.3. The molecule has 8 atom stereocenters. The summed E-state index contributed by atoms with van der Waals surface area (Å²) < 4.78 is 44.2. The number of ether oxygens (including phenoxy) is 4. The number of hydrogen-bond donors (Lipinski definition) is 2. The van der Waals surface area contributed by atoms with Crippen molar-refractivity contribution in [2.45, 2.75) is 189 Å². The fraction of sp³-hybridized carbons (Fsp3) is 0.917. The number of halogens is 3. The highest BCUT2D eigenvalue weighted by Gasteiger charge is 2.79. The molecule has 1 aliphatic carbocycles. The van der Waals surface area contributed by atoms with Gasteiger partial charge in [-0.3, -0.25) is 9.59 Å². The van der Waals surface area contributed by atoms with Gasteiger partial charge in [-0.25, -0.2) is 4.79 Å². The molecule has 2 aliphatic heterocycles. The van der Waals surface area contributed by atoms with Crippen LogP contribution in [0.15, 0.2) is 0 Å². The first kappa shape index (κ1) is 48.1. The smallest absolute Gasteiger partial charge is 0.350 e. The number of fused-ring (bicyclic) bond motifs is 2.